The summed E-state index contributed by atoms with van der Waals surface area (Å²) in [7, 11) is 3.97. The molecule has 1 saturated heterocycles. The van der Waals surface area contributed by atoms with Gasteiger partial charge in [-0.05, 0) is 48.2 Å². The molecule has 3 rings (SSSR count). The molecule has 1 fully saturated rings. The van der Waals surface area contributed by atoms with Crippen LogP contribution < -0.4 is 15.5 Å². The zero-order valence-corrected chi connectivity index (χ0v) is 15.7. The number of carbonyl (C=O) groups is 1. The predicted molar refractivity (Wildman–Crippen MR) is 104 cm³/mol. The second-order valence-electron chi connectivity index (χ2n) is 6.97. The van der Waals surface area contributed by atoms with Crippen LogP contribution in [-0.2, 0) is 11.3 Å². The number of benzene rings is 2. The molecule has 2 N–H and O–H groups in total. The first kappa shape index (κ1) is 19.2. The largest absolute Gasteiger partial charge is 0.378 e. The predicted octanol–water partition coefficient (Wildman–Crippen LogP) is 3.61. The van der Waals surface area contributed by atoms with Crippen LogP contribution in [0.25, 0.3) is 0 Å². The van der Waals surface area contributed by atoms with Gasteiger partial charge in [0.1, 0.15) is 5.82 Å². The standard InChI is InChI=1S/C21H26FN3O2/c1-25(2)18-11-5-15(6-12-18)14-23-21(26)24-20(19-4-3-13-27-19)16-7-9-17(22)10-8-16/h5-12,19-20H,3-4,13-14H2,1-2H3,(H2,23,24,26)/t19-,20+/m0/s1. The smallest absolute Gasteiger partial charge is 0.315 e. The Morgan fingerprint density at radius 1 is 1.19 bits per heavy atom. The minimum Gasteiger partial charge on any atom is -0.378 e. The van der Waals surface area contributed by atoms with Crippen LogP contribution in [0.3, 0.4) is 0 Å². The van der Waals surface area contributed by atoms with Crippen LogP contribution in [0, 0.1) is 5.82 Å². The number of urea groups is 1. The van der Waals surface area contributed by atoms with E-state index in [9.17, 15) is 9.18 Å². The first-order valence-electron chi connectivity index (χ1n) is 9.20. The van der Waals surface area contributed by atoms with Crippen LogP contribution in [0.2, 0.25) is 0 Å². The van der Waals surface area contributed by atoms with Crippen LogP contribution in [0.5, 0.6) is 0 Å². The molecule has 6 heteroatoms. The van der Waals surface area contributed by atoms with Gasteiger partial charge in [0.05, 0.1) is 12.1 Å². The number of carbonyl (C=O) groups excluding carboxylic acids is 1. The van der Waals surface area contributed by atoms with E-state index < -0.39 is 0 Å². The van der Waals surface area contributed by atoms with Crippen LogP contribution in [0.4, 0.5) is 14.9 Å². The first-order chi connectivity index (χ1) is 13.0. The van der Waals surface area contributed by atoms with Crippen molar-refractivity contribution in [3.63, 3.8) is 0 Å². The normalized spacial score (nSPS) is 17.4. The van der Waals surface area contributed by atoms with E-state index in [1.807, 2.05) is 43.3 Å². The molecule has 2 aromatic carbocycles. The molecule has 2 atom stereocenters. The van der Waals surface area contributed by atoms with Crippen molar-refractivity contribution in [2.75, 3.05) is 25.6 Å². The number of hydrogen-bond donors (Lipinski definition) is 2. The van der Waals surface area contributed by atoms with Crippen molar-refractivity contribution < 1.29 is 13.9 Å². The number of nitrogens with one attached hydrogen (secondary N) is 2. The third kappa shape index (κ3) is 5.20. The maximum Gasteiger partial charge on any atom is 0.315 e. The van der Waals surface area contributed by atoms with E-state index in [2.05, 4.69) is 10.6 Å². The number of halogens is 1. The van der Waals surface area contributed by atoms with E-state index in [1.54, 1.807) is 12.1 Å². The Morgan fingerprint density at radius 2 is 1.89 bits per heavy atom. The van der Waals surface area contributed by atoms with Gasteiger partial charge in [0.15, 0.2) is 0 Å². The molecule has 0 aliphatic carbocycles. The molecule has 0 aromatic heterocycles. The Kier molecular flexibility index (Phi) is 6.29. The number of rotatable bonds is 6. The molecule has 2 aromatic rings. The summed E-state index contributed by atoms with van der Waals surface area (Å²) in [6, 6.07) is 13.7. The zero-order valence-electron chi connectivity index (χ0n) is 15.7. The Morgan fingerprint density at radius 3 is 2.48 bits per heavy atom. The van der Waals surface area contributed by atoms with Gasteiger partial charge < -0.3 is 20.3 Å². The summed E-state index contributed by atoms with van der Waals surface area (Å²) in [4.78, 5) is 14.5. The summed E-state index contributed by atoms with van der Waals surface area (Å²) >= 11 is 0. The molecule has 144 valence electrons. The molecule has 5 nitrogen and oxygen atoms in total. The zero-order chi connectivity index (χ0) is 19.2. The van der Waals surface area contributed by atoms with E-state index in [0.29, 0.717) is 13.2 Å². The molecule has 2 amide bonds. The summed E-state index contributed by atoms with van der Waals surface area (Å²) in [5.41, 5.74) is 2.97. The van der Waals surface area contributed by atoms with Crippen LogP contribution in [-0.4, -0.2) is 32.8 Å². The van der Waals surface area contributed by atoms with E-state index in [4.69, 9.17) is 4.74 Å². The number of ether oxygens (including phenoxy) is 1. The second-order valence-corrected chi connectivity index (χ2v) is 6.97. The summed E-state index contributed by atoms with van der Waals surface area (Å²) in [6.45, 7) is 1.12. The summed E-state index contributed by atoms with van der Waals surface area (Å²) in [6.07, 6.45) is 1.73. The van der Waals surface area contributed by atoms with Gasteiger partial charge in [-0.2, -0.15) is 0 Å². The van der Waals surface area contributed by atoms with Crippen LogP contribution in [0.1, 0.15) is 30.0 Å². The van der Waals surface area contributed by atoms with Crippen LogP contribution in [0.15, 0.2) is 48.5 Å². The van der Waals surface area contributed by atoms with Gasteiger partial charge in [0, 0.05) is 32.9 Å². The fourth-order valence-electron chi connectivity index (χ4n) is 3.21. The van der Waals surface area contributed by atoms with Gasteiger partial charge >= 0.3 is 6.03 Å². The molecule has 0 radical (unpaired) electrons. The highest BCUT2D eigenvalue weighted by molar-refractivity contribution is 5.74. The third-order valence-electron chi connectivity index (χ3n) is 4.76. The molecule has 0 bridgehead atoms. The lowest BCUT2D eigenvalue weighted by atomic mass is 9.99. The first-order valence-corrected chi connectivity index (χ1v) is 9.20. The van der Waals surface area contributed by atoms with Crippen molar-refractivity contribution in [1.82, 2.24) is 10.6 Å². The quantitative estimate of drug-likeness (QED) is 0.816. The molecule has 1 aliphatic heterocycles. The van der Waals surface area contributed by atoms with Crippen molar-refractivity contribution in [1.29, 1.82) is 0 Å². The van der Waals surface area contributed by atoms with Crippen molar-refractivity contribution in [2.45, 2.75) is 31.5 Å². The Hall–Kier alpha value is -2.60. The minimum absolute atomic E-state index is 0.0967. The molecule has 1 aliphatic rings. The lowest BCUT2D eigenvalue weighted by molar-refractivity contribution is 0.0807. The molecule has 1 heterocycles. The average Bonchev–Trinajstić information content (AvgIpc) is 3.20. The van der Waals surface area contributed by atoms with Crippen molar-refractivity contribution in [2.24, 2.45) is 0 Å². The lowest BCUT2D eigenvalue weighted by Crippen LogP contribution is -2.42. The highest BCUT2D eigenvalue weighted by atomic mass is 19.1. The summed E-state index contributed by atoms with van der Waals surface area (Å²) in [5.74, 6) is -0.296. The fraction of sp³-hybridized carbons (Fsp3) is 0.381. The van der Waals surface area contributed by atoms with Crippen molar-refractivity contribution in [3.8, 4) is 0 Å². The maximum atomic E-state index is 13.2. The minimum atomic E-state index is -0.302. The number of anilines is 1. The monoisotopic (exact) mass is 371 g/mol. The van der Waals surface area contributed by atoms with E-state index in [0.717, 1.165) is 29.7 Å². The highest BCUT2D eigenvalue weighted by Gasteiger charge is 2.28. The SMILES string of the molecule is CN(C)c1ccc(CNC(=O)N[C@H](c2ccc(F)cc2)[C@@H]2CCCO2)cc1. The molecule has 27 heavy (non-hydrogen) atoms. The molecule has 0 unspecified atom stereocenters. The maximum absolute atomic E-state index is 13.2. The van der Waals surface area contributed by atoms with Gasteiger partial charge in [0.2, 0.25) is 0 Å². The number of amides is 2. The van der Waals surface area contributed by atoms with Crippen molar-refractivity contribution in [3.05, 3.63) is 65.5 Å². The van der Waals surface area contributed by atoms with Gasteiger partial charge in [-0.15, -0.1) is 0 Å². The molecular weight excluding hydrogens is 345 g/mol. The van der Waals surface area contributed by atoms with Gasteiger partial charge in [-0.1, -0.05) is 24.3 Å². The fourth-order valence-corrected chi connectivity index (χ4v) is 3.21. The highest BCUT2D eigenvalue weighted by Crippen LogP contribution is 2.27. The number of hydrogen-bond acceptors (Lipinski definition) is 3. The Labute approximate surface area is 159 Å². The molecule has 0 saturated carbocycles. The van der Waals surface area contributed by atoms with Gasteiger partial charge in [-0.25, -0.2) is 9.18 Å². The molecular formula is C21H26FN3O2. The average molecular weight is 371 g/mol. The lowest BCUT2D eigenvalue weighted by Gasteiger charge is -2.25. The number of nitrogens with zero attached hydrogens (tertiary/aromatic N) is 1. The third-order valence-corrected chi connectivity index (χ3v) is 4.76. The Balaban J connectivity index is 1.61. The van der Waals surface area contributed by atoms with Crippen LogP contribution >= 0.6 is 0 Å². The van der Waals surface area contributed by atoms with E-state index in [1.165, 1.54) is 12.1 Å². The van der Waals surface area contributed by atoms with Gasteiger partial charge in [-0.3, -0.25) is 0 Å². The second kappa shape index (κ2) is 8.86. The molecule has 0 spiro atoms. The van der Waals surface area contributed by atoms with E-state index >= 15 is 0 Å². The van der Waals surface area contributed by atoms with Crippen molar-refractivity contribution >= 4 is 11.7 Å². The summed E-state index contributed by atoms with van der Waals surface area (Å²) in [5, 5.41) is 5.88. The van der Waals surface area contributed by atoms with E-state index in [-0.39, 0.29) is 24.0 Å². The summed E-state index contributed by atoms with van der Waals surface area (Å²) < 4.78 is 19.0. The topological polar surface area (TPSA) is 53.6 Å². The Bertz CT molecular complexity index is 741. The van der Waals surface area contributed by atoms with Gasteiger partial charge in [0.25, 0.3) is 0 Å².